The molecule has 0 saturated carbocycles. The van der Waals surface area contributed by atoms with Gasteiger partial charge < -0.3 is 18.9 Å². The molecule has 0 aromatic rings. The van der Waals surface area contributed by atoms with Crippen LogP contribution in [0.1, 0.15) is 0 Å². The molecule has 1 radical (unpaired) electrons. The molecule has 1 fully saturated rings. The van der Waals surface area contributed by atoms with E-state index in [2.05, 4.69) is 0 Å². The zero-order chi connectivity index (χ0) is 19.2. The molecule has 151 valence electrons. The summed E-state index contributed by atoms with van der Waals surface area (Å²) in [7, 11) is 0. The second kappa shape index (κ2) is 27.9. The fraction of sp³-hybridized carbons (Fsp3) is 1.00. The van der Waals surface area contributed by atoms with E-state index < -0.39 is 15.3 Å². The summed E-state index contributed by atoms with van der Waals surface area (Å²) in [5.74, 6) is 0. The van der Waals surface area contributed by atoms with Crippen molar-refractivity contribution in [2.75, 3.05) is 52.9 Å². The molecular weight excluding hydrogens is 498 g/mol. The van der Waals surface area contributed by atoms with Crippen LogP contribution < -0.4 is 0 Å². The normalized spacial score (nSPS) is 14.4. The first-order chi connectivity index (χ1) is 11.2. The van der Waals surface area contributed by atoms with Crippen LogP contribution in [0.3, 0.4) is 0 Å². The van der Waals surface area contributed by atoms with Gasteiger partial charge in [0.2, 0.25) is 0 Å². The van der Waals surface area contributed by atoms with Gasteiger partial charge in [0.05, 0.1) is 52.9 Å². The maximum atomic E-state index is 8.47. The molecule has 1 rings (SSSR count). The molecule has 0 aromatic carbocycles. The molecule has 0 spiro atoms. The summed E-state index contributed by atoms with van der Waals surface area (Å²) >= 11 is 0. The zero-order valence-corrected chi connectivity index (χ0v) is 15.3. The molecule has 1 saturated heterocycles. The SMILES string of the molecule is C1COCCOCCOCCO1.O=[N+](O)O.O=[N+](O)O.O=[N+](O)O.[Eu]. The van der Waals surface area contributed by atoms with Gasteiger partial charge in [0.25, 0.3) is 0 Å². The van der Waals surface area contributed by atoms with Crippen LogP contribution in [0.5, 0.6) is 0 Å². The van der Waals surface area contributed by atoms with Gasteiger partial charge >= 0.3 is 15.3 Å². The molecule has 25 heavy (non-hydrogen) atoms. The van der Waals surface area contributed by atoms with Crippen molar-refractivity contribution in [3.8, 4) is 0 Å². The number of hydrogen-bond donors (Lipinski definition) is 6. The van der Waals surface area contributed by atoms with Crippen LogP contribution >= 0.6 is 0 Å². The van der Waals surface area contributed by atoms with Crippen LogP contribution in [0.2, 0.25) is 0 Å². The van der Waals surface area contributed by atoms with E-state index >= 15 is 0 Å². The van der Waals surface area contributed by atoms with E-state index in [4.69, 9.17) is 64.9 Å². The van der Waals surface area contributed by atoms with Crippen LogP contribution in [0, 0.1) is 64.1 Å². The quantitative estimate of drug-likeness (QED) is 0.205. The molecule has 0 bridgehead atoms. The maximum Gasteiger partial charge on any atom is 0.472 e. The van der Waals surface area contributed by atoms with Gasteiger partial charge in [0.1, 0.15) is 14.7 Å². The summed E-state index contributed by atoms with van der Waals surface area (Å²) in [6.07, 6.45) is 0. The van der Waals surface area contributed by atoms with Gasteiger partial charge in [-0.25, -0.2) is 31.2 Å². The van der Waals surface area contributed by atoms with Crippen molar-refractivity contribution in [2.45, 2.75) is 0 Å². The minimum Gasteiger partial charge on any atom is -0.377 e. The molecule has 0 amide bonds. The van der Waals surface area contributed by atoms with Gasteiger partial charge in [0.15, 0.2) is 0 Å². The Kier molecular flexibility index (Phi) is 35.4. The van der Waals surface area contributed by atoms with E-state index in [-0.39, 0.29) is 49.4 Å². The largest absolute Gasteiger partial charge is 0.472 e. The van der Waals surface area contributed by atoms with Crippen molar-refractivity contribution in [3.63, 3.8) is 0 Å². The third-order valence-electron chi connectivity index (χ3n) is 1.49. The second-order valence-corrected chi connectivity index (χ2v) is 3.21. The first-order valence-electron chi connectivity index (χ1n) is 6.06. The van der Waals surface area contributed by atoms with Crippen LogP contribution in [0.25, 0.3) is 0 Å². The standard InChI is InChI=1S/C8H16O4.Eu.3H2NO3/c1-2-10-5-6-12-8-7-11-4-3-9-1;;3*2-1(3)4/h1-8H2;;3*(H2,2,3,4)/q;;3*+1. The van der Waals surface area contributed by atoms with Gasteiger partial charge in [-0.2, -0.15) is 0 Å². The van der Waals surface area contributed by atoms with Crippen molar-refractivity contribution in [3.05, 3.63) is 14.7 Å². The molecule has 1 aliphatic rings. The minimum atomic E-state index is -1.25. The molecular formula is C8H22EuN3O13+3. The summed E-state index contributed by atoms with van der Waals surface area (Å²) in [5.41, 5.74) is 0. The molecule has 0 aromatic heterocycles. The van der Waals surface area contributed by atoms with E-state index in [1.54, 1.807) is 0 Å². The van der Waals surface area contributed by atoms with Crippen LogP contribution in [-0.2, 0) is 18.9 Å². The zero-order valence-electron chi connectivity index (χ0n) is 12.9. The number of rotatable bonds is 0. The minimum absolute atomic E-state index is 0. The second-order valence-electron chi connectivity index (χ2n) is 3.21. The van der Waals surface area contributed by atoms with Crippen molar-refractivity contribution >= 4 is 0 Å². The van der Waals surface area contributed by atoms with Gasteiger partial charge in [-0.3, -0.25) is 0 Å². The monoisotopic (exact) mass is 521 g/mol. The molecule has 0 atom stereocenters. The van der Waals surface area contributed by atoms with Crippen LogP contribution in [0.4, 0.5) is 0 Å². The molecule has 17 heteroatoms. The summed E-state index contributed by atoms with van der Waals surface area (Å²) in [6.45, 7) is 5.14. The van der Waals surface area contributed by atoms with Gasteiger partial charge in [0, 0.05) is 49.4 Å². The Balaban J connectivity index is -0.000000142. The smallest absolute Gasteiger partial charge is 0.377 e. The predicted octanol–water partition coefficient (Wildman–Crippen LogP) is -1.30. The fourth-order valence-electron chi connectivity index (χ4n) is 0.880. The van der Waals surface area contributed by atoms with Crippen LogP contribution in [-0.4, -0.2) is 99.4 Å². The number of nitrogens with zero attached hydrogens (tertiary/aromatic N) is 3. The first kappa shape index (κ1) is 31.8. The van der Waals surface area contributed by atoms with Crippen molar-refractivity contribution in [1.29, 1.82) is 0 Å². The third kappa shape index (κ3) is 83.7. The Morgan fingerprint density at radius 2 is 0.520 bits per heavy atom. The van der Waals surface area contributed by atoms with Gasteiger partial charge in [-0.15, -0.1) is 0 Å². The van der Waals surface area contributed by atoms with E-state index in [1.807, 2.05) is 0 Å². The Bertz CT molecular complexity index is 238. The topological polar surface area (TPSA) is 219 Å². The molecule has 6 N–H and O–H groups in total. The van der Waals surface area contributed by atoms with Crippen LogP contribution in [0.15, 0.2) is 0 Å². The average Bonchev–Trinajstić information content (AvgIpc) is 2.37. The molecule has 0 aliphatic carbocycles. The molecule has 1 aliphatic heterocycles. The number of ether oxygens (including phenoxy) is 4. The third-order valence-corrected chi connectivity index (χ3v) is 1.49. The van der Waals surface area contributed by atoms with Crippen molar-refractivity contribution in [1.82, 2.24) is 0 Å². The molecule has 16 nitrogen and oxygen atoms in total. The maximum absolute atomic E-state index is 8.47. The summed E-state index contributed by atoms with van der Waals surface area (Å²) < 4.78 is 20.9. The Morgan fingerprint density at radius 1 is 0.440 bits per heavy atom. The Morgan fingerprint density at radius 3 is 0.600 bits per heavy atom. The molecule has 0 unspecified atom stereocenters. The van der Waals surface area contributed by atoms with E-state index in [0.29, 0.717) is 52.9 Å². The summed E-state index contributed by atoms with van der Waals surface area (Å²) in [4.78, 5) is 25.4. The van der Waals surface area contributed by atoms with E-state index in [0.717, 1.165) is 0 Å². The van der Waals surface area contributed by atoms with Gasteiger partial charge in [-0.05, 0) is 0 Å². The van der Waals surface area contributed by atoms with E-state index in [1.165, 1.54) is 0 Å². The summed E-state index contributed by atoms with van der Waals surface area (Å²) in [5, 5.41) is 37.6. The average molecular weight is 520 g/mol. The Labute approximate surface area is 181 Å². The fourth-order valence-corrected chi connectivity index (χ4v) is 0.880. The van der Waals surface area contributed by atoms with Crippen molar-refractivity contribution < 1.29 is 115 Å². The first-order valence-corrected chi connectivity index (χ1v) is 6.06. The van der Waals surface area contributed by atoms with Gasteiger partial charge in [-0.1, -0.05) is 0 Å². The summed E-state index contributed by atoms with van der Waals surface area (Å²) in [6, 6.07) is 0. The predicted molar refractivity (Wildman–Crippen MR) is 64.9 cm³/mol. The Hall–Kier alpha value is -0.976. The number of hydrogen-bond acceptors (Lipinski definition) is 7. The van der Waals surface area contributed by atoms with Crippen molar-refractivity contribution in [2.24, 2.45) is 0 Å². The van der Waals surface area contributed by atoms with E-state index in [9.17, 15) is 0 Å². The molecule has 1 heterocycles.